The largest absolute Gasteiger partial charge is 0.478 e. The number of carboxylic acids is 1. The summed E-state index contributed by atoms with van der Waals surface area (Å²) in [6.45, 7) is 8.55. The molecule has 7 heteroatoms. The summed E-state index contributed by atoms with van der Waals surface area (Å²) in [7, 11) is 1.76. The van der Waals surface area contributed by atoms with Crippen LogP contribution in [0.4, 0.5) is 5.69 Å². The van der Waals surface area contributed by atoms with E-state index < -0.39 is 5.97 Å². The highest BCUT2D eigenvalue weighted by atomic mass is 35.5. The molecule has 1 aliphatic carbocycles. The Labute approximate surface area is 231 Å². The highest BCUT2D eigenvalue weighted by Crippen LogP contribution is 2.47. The van der Waals surface area contributed by atoms with Crippen molar-refractivity contribution in [3.8, 4) is 11.3 Å². The molecule has 2 aliphatic rings. The van der Waals surface area contributed by atoms with Crippen molar-refractivity contribution in [2.75, 3.05) is 51.3 Å². The van der Waals surface area contributed by atoms with Crippen LogP contribution in [0.1, 0.15) is 67.3 Å². The smallest absolute Gasteiger partial charge is 0.335 e. The predicted octanol–water partition coefficient (Wildman–Crippen LogP) is 6.89. The number of ether oxygens (including phenoxy) is 1. The van der Waals surface area contributed by atoms with Gasteiger partial charge in [0.2, 0.25) is 0 Å². The average molecular weight is 538 g/mol. The molecule has 1 saturated carbocycles. The molecule has 1 aliphatic heterocycles. The topological polar surface area (TPSA) is 57.9 Å². The van der Waals surface area contributed by atoms with E-state index in [1.54, 1.807) is 13.2 Å². The maximum atomic E-state index is 11.9. The molecule has 0 amide bonds. The molecule has 0 radical (unpaired) electrons. The molecule has 5 rings (SSSR count). The number of halogens is 1. The van der Waals surface area contributed by atoms with Crippen molar-refractivity contribution in [3.63, 3.8) is 0 Å². The molecule has 1 N–H and O–H groups in total. The van der Waals surface area contributed by atoms with E-state index in [1.165, 1.54) is 60.0 Å². The van der Waals surface area contributed by atoms with Crippen molar-refractivity contribution in [1.29, 1.82) is 0 Å². The van der Waals surface area contributed by atoms with Crippen LogP contribution >= 0.6 is 11.6 Å². The zero-order valence-electron chi connectivity index (χ0n) is 22.7. The van der Waals surface area contributed by atoms with Gasteiger partial charge in [0, 0.05) is 60.5 Å². The van der Waals surface area contributed by atoms with Gasteiger partial charge < -0.3 is 24.2 Å². The Morgan fingerprint density at radius 3 is 2.66 bits per heavy atom. The van der Waals surface area contributed by atoms with Gasteiger partial charge in [0.1, 0.15) is 0 Å². The highest BCUT2D eigenvalue weighted by molar-refractivity contribution is 6.31. The Morgan fingerprint density at radius 1 is 1.11 bits per heavy atom. The Bertz CT molecular complexity index is 1280. The van der Waals surface area contributed by atoms with E-state index in [1.807, 2.05) is 12.1 Å². The second-order valence-electron chi connectivity index (χ2n) is 10.7. The third-order valence-electron chi connectivity index (χ3n) is 8.47. The SMILES string of the molecule is CCN(CCCN1CCn2c(c(C3CCCCC3)c3ccc(C(=O)O)cc32)-c2ccc(Cl)cc21)CCOC. The number of likely N-dealkylation sites (N-methyl/N-ethyl adjacent to an activating group) is 1. The lowest BCUT2D eigenvalue weighted by atomic mass is 9.81. The van der Waals surface area contributed by atoms with Crippen LogP contribution in [-0.4, -0.2) is 67.0 Å². The molecule has 38 heavy (non-hydrogen) atoms. The number of aromatic nitrogens is 1. The minimum absolute atomic E-state index is 0.348. The molecule has 1 aromatic heterocycles. The van der Waals surface area contributed by atoms with Gasteiger partial charge in [-0.2, -0.15) is 0 Å². The van der Waals surface area contributed by atoms with Gasteiger partial charge in [-0.25, -0.2) is 4.79 Å². The van der Waals surface area contributed by atoms with Crippen molar-refractivity contribution < 1.29 is 14.6 Å². The Balaban J connectivity index is 1.56. The molecule has 3 aromatic rings. The number of aromatic carboxylic acids is 1. The van der Waals surface area contributed by atoms with Crippen LogP contribution in [0.5, 0.6) is 0 Å². The fraction of sp³-hybridized carbons (Fsp3) is 0.516. The summed E-state index contributed by atoms with van der Waals surface area (Å²) in [5.74, 6) is -0.384. The number of hydrogen-bond donors (Lipinski definition) is 1. The first-order valence-electron chi connectivity index (χ1n) is 14.2. The molecular weight excluding hydrogens is 498 g/mol. The van der Waals surface area contributed by atoms with Crippen LogP contribution in [0.2, 0.25) is 5.02 Å². The second kappa shape index (κ2) is 12.1. The maximum absolute atomic E-state index is 11.9. The Morgan fingerprint density at radius 2 is 1.92 bits per heavy atom. The maximum Gasteiger partial charge on any atom is 0.335 e. The number of carbonyl (C=O) groups is 1. The number of nitrogens with zero attached hydrogens (tertiary/aromatic N) is 3. The normalized spacial score (nSPS) is 16.1. The molecule has 2 heterocycles. The minimum Gasteiger partial charge on any atom is -0.478 e. The summed E-state index contributed by atoms with van der Waals surface area (Å²) in [5.41, 5.74) is 6.46. The lowest BCUT2D eigenvalue weighted by Crippen LogP contribution is -2.33. The first-order chi connectivity index (χ1) is 18.5. The van der Waals surface area contributed by atoms with Gasteiger partial charge in [0.15, 0.2) is 0 Å². The Kier molecular flexibility index (Phi) is 8.61. The van der Waals surface area contributed by atoms with Crippen molar-refractivity contribution in [2.45, 2.75) is 57.9 Å². The molecule has 0 spiro atoms. The average Bonchev–Trinajstić information content (AvgIpc) is 3.17. The summed E-state index contributed by atoms with van der Waals surface area (Å²) in [6, 6.07) is 12.0. The molecule has 204 valence electrons. The zero-order valence-corrected chi connectivity index (χ0v) is 23.5. The van der Waals surface area contributed by atoms with Gasteiger partial charge in [-0.15, -0.1) is 0 Å². The standard InChI is InChI=1S/C31H40ClN3O3/c1-3-33(18-19-38-2)14-7-15-34-16-17-35-28-20-23(31(36)37)10-12-25(28)29(22-8-5-4-6-9-22)30(35)26-13-11-24(32)21-27(26)34/h10-13,20-22H,3-9,14-19H2,1-2H3,(H,36,37). The number of hydrogen-bond acceptors (Lipinski definition) is 4. The van der Waals surface area contributed by atoms with E-state index in [9.17, 15) is 9.90 Å². The summed E-state index contributed by atoms with van der Waals surface area (Å²) in [6.07, 6.45) is 7.23. The van der Waals surface area contributed by atoms with Gasteiger partial charge in [0.05, 0.1) is 17.9 Å². The van der Waals surface area contributed by atoms with E-state index in [0.29, 0.717) is 11.5 Å². The number of rotatable bonds is 10. The molecular formula is C31H40ClN3O3. The van der Waals surface area contributed by atoms with Crippen LogP contribution in [0.15, 0.2) is 36.4 Å². The van der Waals surface area contributed by atoms with Crippen LogP contribution in [0.3, 0.4) is 0 Å². The molecule has 0 bridgehead atoms. The zero-order chi connectivity index (χ0) is 26.6. The number of anilines is 1. The second-order valence-corrected chi connectivity index (χ2v) is 11.2. The van der Waals surface area contributed by atoms with Gasteiger partial charge in [-0.05, 0) is 74.2 Å². The predicted molar refractivity (Wildman–Crippen MR) is 156 cm³/mol. The molecule has 0 atom stereocenters. The molecule has 0 unspecified atom stereocenters. The third-order valence-corrected chi connectivity index (χ3v) is 8.71. The lowest BCUT2D eigenvalue weighted by Gasteiger charge is -2.28. The number of benzene rings is 2. The Hall–Kier alpha value is -2.54. The van der Waals surface area contributed by atoms with Crippen molar-refractivity contribution >= 4 is 34.2 Å². The summed E-state index contributed by atoms with van der Waals surface area (Å²) in [4.78, 5) is 16.8. The van der Waals surface area contributed by atoms with E-state index in [4.69, 9.17) is 16.3 Å². The van der Waals surface area contributed by atoms with Crippen LogP contribution < -0.4 is 4.90 Å². The lowest BCUT2D eigenvalue weighted by molar-refractivity contribution is 0.0697. The quantitative estimate of drug-likeness (QED) is 0.305. The van der Waals surface area contributed by atoms with Gasteiger partial charge in [0.25, 0.3) is 0 Å². The minimum atomic E-state index is -0.877. The van der Waals surface area contributed by atoms with Gasteiger partial charge in [-0.3, -0.25) is 0 Å². The van der Waals surface area contributed by atoms with E-state index in [2.05, 4.69) is 39.5 Å². The van der Waals surface area contributed by atoms with E-state index >= 15 is 0 Å². The van der Waals surface area contributed by atoms with E-state index in [0.717, 1.165) is 62.8 Å². The van der Waals surface area contributed by atoms with Gasteiger partial charge in [-0.1, -0.05) is 43.9 Å². The van der Waals surface area contributed by atoms with Crippen LogP contribution in [-0.2, 0) is 11.3 Å². The fourth-order valence-corrected chi connectivity index (χ4v) is 6.68. The molecule has 0 saturated heterocycles. The van der Waals surface area contributed by atoms with Crippen molar-refractivity contribution in [2.24, 2.45) is 0 Å². The highest BCUT2D eigenvalue weighted by Gasteiger charge is 2.30. The van der Waals surface area contributed by atoms with Crippen LogP contribution in [0, 0.1) is 0 Å². The van der Waals surface area contributed by atoms with E-state index in [-0.39, 0.29) is 0 Å². The summed E-state index contributed by atoms with van der Waals surface area (Å²) >= 11 is 6.59. The van der Waals surface area contributed by atoms with Crippen molar-refractivity contribution in [1.82, 2.24) is 9.47 Å². The van der Waals surface area contributed by atoms with Gasteiger partial charge >= 0.3 is 5.97 Å². The number of methoxy groups -OCH3 is 1. The van der Waals surface area contributed by atoms with Crippen LogP contribution in [0.25, 0.3) is 22.2 Å². The fourth-order valence-electron chi connectivity index (χ4n) is 6.51. The number of fused-ring (bicyclic) bond motifs is 5. The molecule has 1 fully saturated rings. The molecule has 2 aromatic carbocycles. The molecule has 6 nitrogen and oxygen atoms in total. The first-order valence-corrected chi connectivity index (χ1v) is 14.5. The first kappa shape index (κ1) is 27.0. The van der Waals surface area contributed by atoms with Crippen molar-refractivity contribution in [3.05, 3.63) is 52.5 Å². The third kappa shape index (κ3) is 5.45. The summed E-state index contributed by atoms with van der Waals surface area (Å²) in [5, 5.41) is 11.7. The summed E-state index contributed by atoms with van der Waals surface area (Å²) < 4.78 is 7.68. The monoisotopic (exact) mass is 537 g/mol. The number of carboxylic acid groups (broad SMARTS) is 1.